The Hall–Kier alpha value is -2.76. The Kier molecular flexibility index (Phi) is 4.98. The summed E-state index contributed by atoms with van der Waals surface area (Å²) in [6, 6.07) is 12.5. The highest BCUT2D eigenvalue weighted by Gasteiger charge is 2.05. The lowest BCUT2D eigenvalue weighted by atomic mass is 10.2. The Morgan fingerprint density at radius 3 is 2.67 bits per heavy atom. The summed E-state index contributed by atoms with van der Waals surface area (Å²) in [6.07, 6.45) is 1.03. The Labute approximate surface area is 120 Å². The molecule has 0 radical (unpaired) electrons. The highest BCUT2D eigenvalue weighted by atomic mass is 19.2. The molecule has 1 N–H and O–H groups in total. The van der Waals surface area contributed by atoms with Gasteiger partial charge in [0.2, 0.25) is 0 Å². The fraction of sp³-hybridized carbons (Fsp3) is 0.0667. The summed E-state index contributed by atoms with van der Waals surface area (Å²) < 4.78 is 31.4. The predicted molar refractivity (Wildman–Crippen MR) is 74.0 cm³/mol. The van der Waals surface area contributed by atoms with E-state index in [1.54, 1.807) is 24.3 Å². The minimum absolute atomic E-state index is 0.0562. The van der Waals surface area contributed by atoms with Crippen LogP contribution in [0.5, 0.6) is 5.75 Å². The minimum Gasteiger partial charge on any atom is -0.484 e. The Morgan fingerprint density at radius 1 is 1.14 bits per heavy atom. The maximum Gasteiger partial charge on any atom is 0.277 e. The van der Waals surface area contributed by atoms with Crippen LogP contribution in [0.4, 0.5) is 8.78 Å². The molecule has 6 heteroatoms. The van der Waals surface area contributed by atoms with Crippen molar-refractivity contribution in [3.8, 4) is 5.75 Å². The molecular weight excluding hydrogens is 278 g/mol. The van der Waals surface area contributed by atoms with E-state index in [0.29, 0.717) is 5.75 Å². The third kappa shape index (κ3) is 4.38. The summed E-state index contributed by atoms with van der Waals surface area (Å²) in [5.41, 5.74) is 2.11. The Balaban J connectivity index is 1.83. The van der Waals surface area contributed by atoms with Gasteiger partial charge in [0.25, 0.3) is 5.91 Å². The molecule has 0 atom stereocenters. The SMILES string of the molecule is O=C(COc1ccccc1)NN=Cc1cccc(F)c1F. The second-order valence-corrected chi connectivity index (χ2v) is 4.04. The molecule has 0 unspecified atom stereocenters. The van der Waals surface area contributed by atoms with Crippen LogP contribution in [0.15, 0.2) is 53.6 Å². The molecule has 1 amide bonds. The number of carbonyl (C=O) groups excluding carboxylic acids is 1. The number of hydrogen-bond acceptors (Lipinski definition) is 3. The van der Waals surface area contributed by atoms with Crippen LogP contribution >= 0.6 is 0 Å². The average molecular weight is 290 g/mol. The number of para-hydroxylation sites is 1. The maximum absolute atomic E-state index is 13.3. The van der Waals surface area contributed by atoms with E-state index in [9.17, 15) is 13.6 Å². The van der Waals surface area contributed by atoms with Crippen LogP contribution in [0, 0.1) is 11.6 Å². The zero-order chi connectivity index (χ0) is 15.1. The molecular formula is C15H12F2N2O2. The number of nitrogens with one attached hydrogen (secondary N) is 1. The lowest BCUT2D eigenvalue weighted by Gasteiger charge is -2.04. The minimum atomic E-state index is -1.02. The van der Waals surface area contributed by atoms with Crippen LogP contribution in [0.2, 0.25) is 0 Å². The molecule has 0 aromatic heterocycles. The summed E-state index contributed by atoms with van der Waals surface area (Å²) in [6.45, 7) is -0.229. The van der Waals surface area contributed by atoms with Gasteiger partial charge in [0.1, 0.15) is 5.75 Å². The zero-order valence-corrected chi connectivity index (χ0v) is 10.9. The normalized spacial score (nSPS) is 10.6. The van der Waals surface area contributed by atoms with Gasteiger partial charge in [0.05, 0.1) is 6.21 Å². The van der Waals surface area contributed by atoms with Crippen LogP contribution in [0.25, 0.3) is 0 Å². The molecule has 0 bridgehead atoms. The first-order valence-corrected chi connectivity index (χ1v) is 6.10. The number of carbonyl (C=O) groups is 1. The van der Waals surface area contributed by atoms with Gasteiger partial charge in [0.15, 0.2) is 18.2 Å². The van der Waals surface area contributed by atoms with Crippen LogP contribution in [-0.4, -0.2) is 18.7 Å². The standard InChI is InChI=1S/C15H12F2N2O2/c16-13-8-4-5-11(15(13)17)9-18-19-14(20)10-21-12-6-2-1-3-7-12/h1-9H,10H2,(H,19,20). The van der Waals surface area contributed by atoms with Crippen molar-refractivity contribution >= 4 is 12.1 Å². The molecule has 0 heterocycles. The quantitative estimate of drug-likeness (QED) is 0.679. The van der Waals surface area contributed by atoms with Crippen molar-refractivity contribution in [2.75, 3.05) is 6.61 Å². The fourth-order valence-corrected chi connectivity index (χ4v) is 1.49. The second kappa shape index (κ2) is 7.14. The first-order valence-electron chi connectivity index (χ1n) is 6.10. The lowest BCUT2D eigenvalue weighted by molar-refractivity contribution is -0.123. The van der Waals surface area contributed by atoms with Crippen molar-refractivity contribution < 1.29 is 18.3 Å². The van der Waals surface area contributed by atoms with Gasteiger partial charge in [-0.25, -0.2) is 14.2 Å². The second-order valence-electron chi connectivity index (χ2n) is 4.04. The third-order valence-corrected chi connectivity index (χ3v) is 2.49. The maximum atomic E-state index is 13.3. The van der Waals surface area contributed by atoms with Crippen molar-refractivity contribution in [3.05, 3.63) is 65.7 Å². The zero-order valence-electron chi connectivity index (χ0n) is 10.9. The van der Waals surface area contributed by atoms with Crippen molar-refractivity contribution in [3.63, 3.8) is 0 Å². The van der Waals surface area contributed by atoms with Crippen molar-refractivity contribution in [1.29, 1.82) is 0 Å². The summed E-state index contributed by atoms with van der Waals surface area (Å²) in [4.78, 5) is 11.4. The molecule has 0 aliphatic rings. The van der Waals surface area contributed by atoms with Gasteiger partial charge in [-0.1, -0.05) is 30.3 Å². The van der Waals surface area contributed by atoms with Crippen LogP contribution in [0.3, 0.4) is 0 Å². The van der Waals surface area contributed by atoms with Gasteiger partial charge >= 0.3 is 0 Å². The third-order valence-electron chi connectivity index (χ3n) is 2.49. The summed E-state index contributed by atoms with van der Waals surface area (Å²) >= 11 is 0. The van der Waals surface area contributed by atoms with Gasteiger partial charge in [-0.15, -0.1) is 0 Å². The molecule has 2 rings (SSSR count). The van der Waals surface area contributed by atoms with Crippen molar-refractivity contribution in [1.82, 2.24) is 5.43 Å². The van der Waals surface area contributed by atoms with Gasteiger partial charge < -0.3 is 4.74 Å². The number of nitrogens with zero attached hydrogens (tertiary/aromatic N) is 1. The van der Waals surface area contributed by atoms with Gasteiger partial charge in [-0.2, -0.15) is 5.10 Å². The number of rotatable bonds is 5. The van der Waals surface area contributed by atoms with Crippen molar-refractivity contribution in [2.45, 2.75) is 0 Å². The highest BCUT2D eigenvalue weighted by molar-refractivity contribution is 5.83. The van der Waals surface area contributed by atoms with Gasteiger partial charge in [-0.05, 0) is 18.2 Å². The summed E-state index contributed by atoms with van der Waals surface area (Å²) in [5, 5.41) is 3.54. The van der Waals surface area contributed by atoms with E-state index in [4.69, 9.17) is 4.74 Å². The van der Waals surface area contributed by atoms with Crippen molar-refractivity contribution in [2.24, 2.45) is 5.10 Å². The summed E-state index contributed by atoms with van der Waals surface area (Å²) in [7, 11) is 0. The first kappa shape index (κ1) is 14.6. The lowest BCUT2D eigenvalue weighted by Crippen LogP contribution is -2.24. The fourth-order valence-electron chi connectivity index (χ4n) is 1.49. The molecule has 108 valence electrons. The predicted octanol–water partition coefficient (Wildman–Crippen LogP) is 2.49. The number of benzene rings is 2. The molecule has 0 fully saturated rings. The molecule has 2 aromatic carbocycles. The number of hydrogen-bond donors (Lipinski definition) is 1. The van der Waals surface area contributed by atoms with Gasteiger partial charge in [0, 0.05) is 5.56 Å². The molecule has 0 saturated carbocycles. The van der Waals surface area contributed by atoms with E-state index < -0.39 is 17.5 Å². The largest absolute Gasteiger partial charge is 0.484 e. The molecule has 0 aliphatic carbocycles. The average Bonchev–Trinajstić information content (AvgIpc) is 2.50. The van der Waals surface area contributed by atoms with Crippen LogP contribution < -0.4 is 10.2 Å². The number of halogens is 2. The molecule has 21 heavy (non-hydrogen) atoms. The van der Waals surface area contributed by atoms with E-state index in [1.165, 1.54) is 12.1 Å². The van der Waals surface area contributed by atoms with E-state index in [2.05, 4.69) is 10.5 Å². The van der Waals surface area contributed by atoms with Crippen LogP contribution in [0.1, 0.15) is 5.56 Å². The van der Waals surface area contributed by atoms with E-state index in [0.717, 1.165) is 12.3 Å². The number of ether oxygens (including phenoxy) is 1. The van der Waals surface area contributed by atoms with E-state index >= 15 is 0 Å². The van der Waals surface area contributed by atoms with E-state index in [-0.39, 0.29) is 12.2 Å². The molecule has 2 aromatic rings. The molecule has 4 nitrogen and oxygen atoms in total. The monoisotopic (exact) mass is 290 g/mol. The number of amides is 1. The van der Waals surface area contributed by atoms with E-state index in [1.807, 2.05) is 6.07 Å². The molecule has 0 aliphatic heterocycles. The summed E-state index contributed by atoms with van der Waals surface area (Å²) in [5.74, 6) is -1.95. The van der Waals surface area contributed by atoms with Gasteiger partial charge in [-0.3, -0.25) is 4.79 Å². The Bertz CT molecular complexity index is 645. The first-order chi connectivity index (χ1) is 10.2. The molecule has 0 spiro atoms. The smallest absolute Gasteiger partial charge is 0.277 e. The topological polar surface area (TPSA) is 50.7 Å². The Morgan fingerprint density at radius 2 is 1.90 bits per heavy atom. The molecule has 0 saturated heterocycles. The number of hydrazone groups is 1. The highest BCUT2D eigenvalue weighted by Crippen LogP contribution is 2.09. The van der Waals surface area contributed by atoms with Crippen LogP contribution in [-0.2, 0) is 4.79 Å².